The molecule has 3 N–H and O–H groups in total. The highest BCUT2D eigenvalue weighted by Crippen LogP contribution is 2.19. The van der Waals surface area contributed by atoms with E-state index in [9.17, 15) is 5.11 Å². The molecule has 0 fully saturated rings. The van der Waals surface area contributed by atoms with E-state index in [1.807, 2.05) is 32.0 Å². The Kier molecular flexibility index (Phi) is 3.07. The van der Waals surface area contributed by atoms with Gasteiger partial charge in [0.2, 0.25) is 0 Å². The number of hydrogen-bond acceptors (Lipinski definition) is 2. The molecule has 0 spiro atoms. The Hall–Kier alpha value is -0.860. The van der Waals surface area contributed by atoms with E-state index in [1.54, 1.807) is 6.92 Å². The number of aryl methyl sites for hydroxylation is 2. The molecule has 72 valence electrons. The molecule has 2 unspecified atom stereocenters. The fourth-order valence-corrected chi connectivity index (χ4v) is 1.38. The summed E-state index contributed by atoms with van der Waals surface area (Å²) in [5.41, 5.74) is 9.21. The summed E-state index contributed by atoms with van der Waals surface area (Å²) in [5, 5.41) is 9.36. The van der Waals surface area contributed by atoms with Crippen molar-refractivity contribution in [2.24, 2.45) is 5.73 Å². The van der Waals surface area contributed by atoms with Crippen molar-refractivity contribution in [2.45, 2.75) is 32.9 Å². The first-order valence-corrected chi connectivity index (χ1v) is 4.53. The van der Waals surface area contributed by atoms with Gasteiger partial charge in [-0.3, -0.25) is 0 Å². The summed E-state index contributed by atoms with van der Waals surface area (Å²) in [6, 6.07) is 5.84. The predicted octanol–water partition coefficient (Wildman–Crippen LogP) is 1.68. The summed E-state index contributed by atoms with van der Waals surface area (Å²) in [4.78, 5) is 0. The van der Waals surface area contributed by atoms with Crippen LogP contribution in [0.25, 0.3) is 0 Å². The molecule has 13 heavy (non-hydrogen) atoms. The minimum atomic E-state index is -0.500. The Morgan fingerprint density at radius 1 is 1.31 bits per heavy atom. The Labute approximate surface area is 79.4 Å². The third-order valence-corrected chi connectivity index (χ3v) is 2.31. The van der Waals surface area contributed by atoms with Crippen LogP contribution in [0.2, 0.25) is 0 Å². The molecule has 1 aromatic rings. The standard InChI is InChI=1S/C11H17NO/c1-7-4-5-8(2)10(6-7)11(12)9(3)13/h4-6,9,11,13H,12H2,1-3H3. The van der Waals surface area contributed by atoms with Crippen molar-refractivity contribution < 1.29 is 5.11 Å². The summed E-state index contributed by atoms with van der Waals surface area (Å²) in [5.74, 6) is 0. The van der Waals surface area contributed by atoms with Crippen molar-refractivity contribution in [1.82, 2.24) is 0 Å². The largest absolute Gasteiger partial charge is 0.391 e. The van der Waals surface area contributed by atoms with Gasteiger partial charge in [0.1, 0.15) is 0 Å². The van der Waals surface area contributed by atoms with Crippen molar-refractivity contribution in [3.63, 3.8) is 0 Å². The third kappa shape index (κ3) is 2.29. The van der Waals surface area contributed by atoms with Crippen LogP contribution in [0.4, 0.5) is 0 Å². The van der Waals surface area contributed by atoms with Crippen molar-refractivity contribution in [2.75, 3.05) is 0 Å². The van der Waals surface area contributed by atoms with Gasteiger partial charge >= 0.3 is 0 Å². The summed E-state index contributed by atoms with van der Waals surface area (Å²) in [7, 11) is 0. The van der Waals surface area contributed by atoms with Crippen LogP contribution < -0.4 is 5.73 Å². The van der Waals surface area contributed by atoms with Gasteiger partial charge in [-0.25, -0.2) is 0 Å². The predicted molar refractivity (Wildman–Crippen MR) is 54.5 cm³/mol. The van der Waals surface area contributed by atoms with Gasteiger partial charge in [0.25, 0.3) is 0 Å². The zero-order valence-electron chi connectivity index (χ0n) is 8.41. The second-order valence-electron chi connectivity index (χ2n) is 3.63. The van der Waals surface area contributed by atoms with E-state index in [4.69, 9.17) is 5.73 Å². The maximum atomic E-state index is 9.36. The highest BCUT2D eigenvalue weighted by atomic mass is 16.3. The molecule has 0 aliphatic rings. The zero-order valence-corrected chi connectivity index (χ0v) is 8.41. The monoisotopic (exact) mass is 179 g/mol. The van der Waals surface area contributed by atoms with E-state index in [-0.39, 0.29) is 6.04 Å². The minimum Gasteiger partial charge on any atom is -0.391 e. The molecule has 0 radical (unpaired) electrons. The molecule has 0 saturated heterocycles. The van der Waals surface area contributed by atoms with E-state index in [0.717, 1.165) is 11.1 Å². The Morgan fingerprint density at radius 3 is 2.46 bits per heavy atom. The quantitative estimate of drug-likeness (QED) is 0.725. The van der Waals surface area contributed by atoms with Gasteiger partial charge in [-0.05, 0) is 31.9 Å². The average Bonchev–Trinajstić information content (AvgIpc) is 2.08. The Bertz CT molecular complexity index is 294. The molecular formula is C11H17NO. The highest BCUT2D eigenvalue weighted by molar-refractivity contribution is 5.33. The molecule has 0 aliphatic carbocycles. The summed E-state index contributed by atoms with van der Waals surface area (Å²) >= 11 is 0. The van der Waals surface area contributed by atoms with Crippen LogP contribution in [0, 0.1) is 13.8 Å². The maximum absolute atomic E-state index is 9.36. The number of benzene rings is 1. The van der Waals surface area contributed by atoms with E-state index in [0.29, 0.717) is 0 Å². The average molecular weight is 179 g/mol. The molecule has 2 atom stereocenters. The molecule has 0 aromatic heterocycles. The van der Waals surface area contributed by atoms with Crippen LogP contribution in [0.15, 0.2) is 18.2 Å². The normalized spacial score (nSPS) is 15.5. The van der Waals surface area contributed by atoms with Gasteiger partial charge in [0, 0.05) is 0 Å². The summed E-state index contributed by atoms with van der Waals surface area (Å²) in [6.45, 7) is 5.75. The van der Waals surface area contributed by atoms with Gasteiger partial charge in [0.05, 0.1) is 12.1 Å². The topological polar surface area (TPSA) is 46.2 Å². The van der Waals surface area contributed by atoms with Crippen molar-refractivity contribution in [3.8, 4) is 0 Å². The lowest BCUT2D eigenvalue weighted by Gasteiger charge is -2.17. The van der Waals surface area contributed by atoms with Crippen molar-refractivity contribution in [3.05, 3.63) is 34.9 Å². The summed E-state index contributed by atoms with van der Waals surface area (Å²) in [6.07, 6.45) is -0.500. The molecule has 0 amide bonds. The SMILES string of the molecule is Cc1ccc(C)c(C(N)C(C)O)c1. The molecule has 0 aliphatic heterocycles. The zero-order chi connectivity index (χ0) is 10.0. The Morgan fingerprint density at radius 2 is 1.92 bits per heavy atom. The molecule has 0 bridgehead atoms. The van der Waals surface area contributed by atoms with Gasteiger partial charge < -0.3 is 10.8 Å². The van der Waals surface area contributed by atoms with Crippen LogP contribution in [0.5, 0.6) is 0 Å². The number of nitrogens with two attached hydrogens (primary N) is 1. The molecular weight excluding hydrogens is 162 g/mol. The number of aliphatic hydroxyl groups excluding tert-OH is 1. The van der Waals surface area contributed by atoms with Crippen LogP contribution in [0.1, 0.15) is 29.7 Å². The molecule has 0 saturated carbocycles. The van der Waals surface area contributed by atoms with E-state index < -0.39 is 6.10 Å². The van der Waals surface area contributed by atoms with Crippen LogP contribution in [0.3, 0.4) is 0 Å². The van der Waals surface area contributed by atoms with Gasteiger partial charge in [0.15, 0.2) is 0 Å². The molecule has 2 heteroatoms. The Balaban J connectivity index is 3.05. The lowest BCUT2D eigenvalue weighted by Crippen LogP contribution is -2.24. The second kappa shape index (κ2) is 3.90. The maximum Gasteiger partial charge on any atom is 0.0704 e. The first-order valence-electron chi connectivity index (χ1n) is 4.53. The lowest BCUT2D eigenvalue weighted by molar-refractivity contribution is 0.164. The second-order valence-corrected chi connectivity index (χ2v) is 3.63. The van der Waals surface area contributed by atoms with Crippen molar-refractivity contribution >= 4 is 0 Å². The first kappa shape index (κ1) is 10.2. The number of hydrogen-bond donors (Lipinski definition) is 2. The van der Waals surface area contributed by atoms with Crippen LogP contribution in [-0.4, -0.2) is 11.2 Å². The van der Waals surface area contributed by atoms with Crippen molar-refractivity contribution in [1.29, 1.82) is 0 Å². The number of rotatable bonds is 2. The van der Waals surface area contributed by atoms with Gasteiger partial charge in [-0.2, -0.15) is 0 Å². The molecule has 1 rings (SSSR count). The first-order chi connectivity index (χ1) is 6.02. The van der Waals surface area contributed by atoms with E-state index >= 15 is 0 Å². The molecule has 2 nitrogen and oxygen atoms in total. The molecule has 0 heterocycles. The lowest BCUT2D eigenvalue weighted by atomic mass is 9.97. The van der Waals surface area contributed by atoms with Gasteiger partial charge in [-0.15, -0.1) is 0 Å². The van der Waals surface area contributed by atoms with E-state index in [2.05, 4.69) is 0 Å². The fourth-order valence-electron chi connectivity index (χ4n) is 1.38. The van der Waals surface area contributed by atoms with Gasteiger partial charge in [-0.1, -0.05) is 23.8 Å². The number of aliphatic hydroxyl groups is 1. The highest BCUT2D eigenvalue weighted by Gasteiger charge is 2.13. The fraction of sp³-hybridized carbons (Fsp3) is 0.455. The summed E-state index contributed by atoms with van der Waals surface area (Å²) < 4.78 is 0. The minimum absolute atomic E-state index is 0.278. The molecule has 1 aromatic carbocycles. The van der Waals surface area contributed by atoms with Crippen LogP contribution in [-0.2, 0) is 0 Å². The van der Waals surface area contributed by atoms with Crippen LogP contribution >= 0.6 is 0 Å². The third-order valence-electron chi connectivity index (χ3n) is 2.31. The smallest absolute Gasteiger partial charge is 0.0704 e. The van der Waals surface area contributed by atoms with E-state index in [1.165, 1.54) is 5.56 Å².